The van der Waals surface area contributed by atoms with Gasteiger partial charge < -0.3 is 0 Å². The van der Waals surface area contributed by atoms with Crippen LogP contribution in [0.25, 0.3) is 0 Å². The number of hydrogen-bond acceptors (Lipinski definition) is 2. The van der Waals surface area contributed by atoms with Crippen LogP contribution in [-0.4, -0.2) is 26.1 Å². The molecular weight excluding hydrogens is 169 g/mol. The molecular formula is C4H7F3O2S. The van der Waals surface area contributed by atoms with Crippen molar-refractivity contribution in [1.82, 2.24) is 0 Å². The minimum atomic E-state index is -4.60. The summed E-state index contributed by atoms with van der Waals surface area (Å²) in [6, 6.07) is 0. The Morgan fingerprint density at radius 1 is 1.30 bits per heavy atom. The van der Waals surface area contributed by atoms with Gasteiger partial charge in [0.15, 0.2) is 9.84 Å². The standard InChI is InChI=1S/C4H7F3O2S/c1-2-10(8,9)3-4(5,6)7/h2-3H2,1H3. The van der Waals surface area contributed by atoms with Gasteiger partial charge in [0.2, 0.25) is 0 Å². The molecule has 0 aliphatic heterocycles. The third kappa shape index (κ3) is 4.60. The fourth-order valence-electron chi connectivity index (χ4n) is 0.351. The van der Waals surface area contributed by atoms with Crippen molar-refractivity contribution in [2.24, 2.45) is 0 Å². The van der Waals surface area contributed by atoms with E-state index in [-0.39, 0.29) is 0 Å². The molecule has 0 N–H and O–H groups in total. The Hall–Kier alpha value is -0.260. The van der Waals surface area contributed by atoms with Crippen molar-refractivity contribution in [3.8, 4) is 0 Å². The fourth-order valence-corrected chi connectivity index (χ4v) is 1.05. The van der Waals surface area contributed by atoms with E-state index < -0.39 is 27.5 Å². The molecule has 0 radical (unpaired) electrons. The van der Waals surface area contributed by atoms with Crippen LogP contribution in [0.3, 0.4) is 0 Å². The molecule has 0 saturated carbocycles. The van der Waals surface area contributed by atoms with Gasteiger partial charge in [-0.3, -0.25) is 0 Å². The topological polar surface area (TPSA) is 34.1 Å². The van der Waals surface area contributed by atoms with Crippen LogP contribution in [-0.2, 0) is 9.84 Å². The molecule has 0 amide bonds. The molecule has 0 aromatic rings. The summed E-state index contributed by atoms with van der Waals surface area (Å²) in [7, 11) is -3.90. The first kappa shape index (κ1) is 9.74. The predicted octanol–water partition coefficient (Wildman–Crippen LogP) is 0.983. The van der Waals surface area contributed by atoms with Crippen LogP contribution < -0.4 is 0 Å². The molecule has 0 aromatic carbocycles. The third-order valence-electron chi connectivity index (χ3n) is 0.823. The highest BCUT2D eigenvalue weighted by atomic mass is 32.2. The van der Waals surface area contributed by atoms with E-state index in [1.807, 2.05) is 0 Å². The third-order valence-corrected chi connectivity index (χ3v) is 2.47. The Bertz CT molecular complexity index is 191. The molecule has 0 fully saturated rings. The second-order valence-electron chi connectivity index (χ2n) is 1.79. The van der Waals surface area contributed by atoms with E-state index in [4.69, 9.17) is 0 Å². The van der Waals surface area contributed by atoms with Gasteiger partial charge in [-0.2, -0.15) is 13.2 Å². The van der Waals surface area contributed by atoms with Gasteiger partial charge in [-0.05, 0) is 0 Å². The maximum Gasteiger partial charge on any atom is 0.402 e. The van der Waals surface area contributed by atoms with Gasteiger partial charge >= 0.3 is 6.18 Å². The van der Waals surface area contributed by atoms with Crippen molar-refractivity contribution >= 4 is 9.84 Å². The molecule has 10 heavy (non-hydrogen) atoms. The number of sulfone groups is 1. The lowest BCUT2D eigenvalue weighted by Crippen LogP contribution is -2.23. The van der Waals surface area contributed by atoms with E-state index in [1.54, 1.807) is 0 Å². The van der Waals surface area contributed by atoms with Crippen LogP contribution in [0, 0.1) is 0 Å². The minimum Gasteiger partial charge on any atom is -0.229 e. The quantitative estimate of drug-likeness (QED) is 0.628. The van der Waals surface area contributed by atoms with Crippen molar-refractivity contribution in [1.29, 1.82) is 0 Å². The molecule has 0 aliphatic carbocycles. The highest BCUT2D eigenvalue weighted by molar-refractivity contribution is 7.91. The van der Waals surface area contributed by atoms with E-state index in [0.29, 0.717) is 0 Å². The lowest BCUT2D eigenvalue weighted by Gasteiger charge is -2.04. The molecule has 0 rings (SSSR count). The second-order valence-corrected chi connectivity index (χ2v) is 4.14. The number of rotatable bonds is 2. The molecule has 6 heteroatoms. The Morgan fingerprint density at radius 3 is 1.80 bits per heavy atom. The van der Waals surface area contributed by atoms with E-state index in [2.05, 4.69) is 0 Å². The van der Waals surface area contributed by atoms with Crippen LogP contribution in [0.15, 0.2) is 0 Å². The summed E-state index contributed by atoms with van der Waals surface area (Å²) in [5, 5.41) is 0. The first-order valence-electron chi connectivity index (χ1n) is 2.54. The summed E-state index contributed by atoms with van der Waals surface area (Å²) in [5.74, 6) is -2.18. The highest BCUT2D eigenvalue weighted by Crippen LogP contribution is 2.17. The van der Waals surface area contributed by atoms with Crippen molar-refractivity contribution in [2.45, 2.75) is 13.1 Å². The van der Waals surface area contributed by atoms with E-state index in [9.17, 15) is 21.6 Å². The molecule has 62 valence electrons. The van der Waals surface area contributed by atoms with Gasteiger partial charge in [0.25, 0.3) is 0 Å². The molecule has 0 aliphatic rings. The highest BCUT2D eigenvalue weighted by Gasteiger charge is 2.33. The van der Waals surface area contributed by atoms with Gasteiger partial charge in [0.1, 0.15) is 5.75 Å². The summed E-state index contributed by atoms with van der Waals surface area (Å²) in [6.07, 6.45) is -4.60. The van der Waals surface area contributed by atoms with E-state index in [1.165, 1.54) is 6.92 Å². The summed E-state index contributed by atoms with van der Waals surface area (Å²) >= 11 is 0. The van der Waals surface area contributed by atoms with Crippen LogP contribution >= 0.6 is 0 Å². The van der Waals surface area contributed by atoms with Crippen LogP contribution in [0.5, 0.6) is 0 Å². The van der Waals surface area contributed by atoms with E-state index >= 15 is 0 Å². The van der Waals surface area contributed by atoms with Crippen molar-refractivity contribution in [2.75, 3.05) is 11.5 Å². The minimum absolute atomic E-state index is 0.466. The zero-order valence-corrected chi connectivity index (χ0v) is 6.09. The van der Waals surface area contributed by atoms with Crippen molar-refractivity contribution < 1.29 is 21.6 Å². The fraction of sp³-hybridized carbons (Fsp3) is 1.00. The van der Waals surface area contributed by atoms with Gasteiger partial charge in [-0.15, -0.1) is 0 Å². The molecule has 0 heterocycles. The Kier molecular flexibility index (Phi) is 2.70. The lowest BCUT2D eigenvalue weighted by molar-refractivity contribution is -0.106. The summed E-state index contributed by atoms with van der Waals surface area (Å²) in [5.41, 5.74) is 0. The van der Waals surface area contributed by atoms with Crippen molar-refractivity contribution in [3.63, 3.8) is 0 Å². The maximum atomic E-state index is 11.4. The van der Waals surface area contributed by atoms with Crippen molar-refractivity contribution in [3.05, 3.63) is 0 Å². The average Bonchev–Trinajstić information content (AvgIpc) is 1.60. The SMILES string of the molecule is CCS(=O)(=O)CC(F)(F)F. The Balaban J connectivity index is 4.18. The molecule has 0 bridgehead atoms. The predicted molar refractivity (Wildman–Crippen MR) is 30.4 cm³/mol. The summed E-state index contributed by atoms with van der Waals surface area (Å²) < 4.78 is 54.7. The lowest BCUT2D eigenvalue weighted by atomic mass is 10.8. The zero-order valence-electron chi connectivity index (χ0n) is 5.27. The molecule has 0 unspecified atom stereocenters. The number of halogens is 3. The van der Waals surface area contributed by atoms with E-state index in [0.717, 1.165) is 0 Å². The van der Waals surface area contributed by atoms with Gasteiger partial charge in [-0.25, -0.2) is 8.42 Å². The average molecular weight is 176 g/mol. The smallest absolute Gasteiger partial charge is 0.229 e. The zero-order chi connectivity index (χ0) is 8.41. The molecule has 0 aromatic heterocycles. The van der Waals surface area contributed by atoms with Crippen LogP contribution in [0.1, 0.15) is 6.92 Å². The normalized spacial score (nSPS) is 13.6. The molecule has 0 atom stereocenters. The Morgan fingerprint density at radius 2 is 1.70 bits per heavy atom. The maximum absolute atomic E-state index is 11.4. The molecule has 0 spiro atoms. The number of alkyl halides is 3. The number of hydrogen-bond donors (Lipinski definition) is 0. The summed E-state index contributed by atoms with van der Waals surface area (Å²) in [4.78, 5) is 0. The summed E-state index contributed by atoms with van der Waals surface area (Å²) in [6.45, 7) is 1.18. The van der Waals surface area contributed by atoms with Gasteiger partial charge in [-0.1, -0.05) is 6.92 Å². The monoisotopic (exact) mass is 176 g/mol. The first-order chi connectivity index (χ1) is 4.27. The Labute approximate surface area is 57.0 Å². The van der Waals surface area contributed by atoms with Crippen LogP contribution in [0.4, 0.5) is 13.2 Å². The van der Waals surface area contributed by atoms with Crippen LogP contribution in [0.2, 0.25) is 0 Å². The van der Waals surface area contributed by atoms with Gasteiger partial charge in [0.05, 0.1) is 0 Å². The molecule has 2 nitrogen and oxygen atoms in total. The second kappa shape index (κ2) is 2.77. The molecule has 0 saturated heterocycles. The van der Waals surface area contributed by atoms with Gasteiger partial charge in [0, 0.05) is 5.75 Å². The largest absolute Gasteiger partial charge is 0.402 e. The first-order valence-corrected chi connectivity index (χ1v) is 4.36.